The van der Waals surface area contributed by atoms with Gasteiger partial charge in [0, 0.05) is 51.0 Å². The number of benzene rings is 2. The molecule has 1 fully saturated rings. The van der Waals surface area contributed by atoms with Crippen LogP contribution in [0, 0.1) is 0 Å². The van der Waals surface area contributed by atoms with Crippen LogP contribution in [0.25, 0.3) is 0 Å². The van der Waals surface area contributed by atoms with Crippen LogP contribution in [-0.2, 0) is 11.3 Å². The van der Waals surface area contributed by atoms with Crippen molar-refractivity contribution in [2.45, 2.75) is 19.6 Å². The Morgan fingerprint density at radius 3 is 2.57 bits per heavy atom. The number of hydrogen-bond donors (Lipinski definition) is 2. The summed E-state index contributed by atoms with van der Waals surface area (Å²) in [6, 6.07) is 11.5. The van der Waals surface area contributed by atoms with Gasteiger partial charge in [0.25, 0.3) is 11.8 Å². The van der Waals surface area contributed by atoms with Crippen molar-refractivity contribution in [3.05, 3.63) is 52.5 Å². The second-order valence-corrected chi connectivity index (χ2v) is 8.00. The summed E-state index contributed by atoms with van der Waals surface area (Å²) in [7, 11) is 1.63. The SMILES string of the molecule is CNC(=O)c1ccc(N2CCN(Cc3cc(Cl)c4c(c3)NC(=O)C(C)O4)CC2)cc1. The first kappa shape index (κ1) is 20.5. The van der Waals surface area contributed by atoms with Gasteiger partial charge in [0.1, 0.15) is 0 Å². The fraction of sp³-hybridized carbons (Fsp3) is 0.364. The zero-order valence-corrected chi connectivity index (χ0v) is 17.8. The van der Waals surface area contributed by atoms with Crippen molar-refractivity contribution in [2.75, 3.05) is 43.4 Å². The molecule has 1 saturated heterocycles. The Hall–Kier alpha value is -2.77. The molecule has 30 heavy (non-hydrogen) atoms. The van der Waals surface area contributed by atoms with Gasteiger partial charge in [0.05, 0.1) is 10.7 Å². The van der Waals surface area contributed by atoms with Gasteiger partial charge in [-0.15, -0.1) is 0 Å². The number of piperazine rings is 1. The lowest BCUT2D eigenvalue weighted by atomic mass is 10.1. The Kier molecular flexibility index (Phi) is 5.83. The Bertz CT molecular complexity index is 956. The number of halogens is 1. The second kappa shape index (κ2) is 8.53. The first-order chi connectivity index (χ1) is 14.4. The normalized spacial score (nSPS) is 19.0. The van der Waals surface area contributed by atoms with Crippen LogP contribution in [0.1, 0.15) is 22.8 Å². The van der Waals surface area contributed by atoms with E-state index in [1.54, 1.807) is 14.0 Å². The number of hydrogen-bond acceptors (Lipinski definition) is 5. The third-order valence-corrected chi connectivity index (χ3v) is 5.81. The van der Waals surface area contributed by atoms with Crippen molar-refractivity contribution in [1.29, 1.82) is 0 Å². The molecule has 0 bridgehead atoms. The number of fused-ring (bicyclic) bond motifs is 1. The molecule has 7 nitrogen and oxygen atoms in total. The van der Waals surface area contributed by atoms with Gasteiger partial charge in [-0.25, -0.2) is 0 Å². The Labute approximate surface area is 180 Å². The smallest absolute Gasteiger partial charge is 0.265 e. The number of rotatable bonds is 4. The summed E-state index contributed by atoms with van der Waals surface area (Å²) >= 11 is 6.40. The maximum Gasteiger partial charge on any atom is 0.265 e. The molecule has 2 aliphatic heterocycles. The van der Waals surface area contributed by atoms with Crippen LogP contribution in [0.5, 0.6) is 5.75 Å². The van der Waals surface area contributed by atoms with Crippen LogP contribution in [0.15, 0.2) is 36.4 Å². The quantitative estimate of drug-likeness (QED) is 0.783. The van der Waals surface area contributed by atoms with Crippen molar-refractivity contribution < 1.29 is 14.3 Å². The zero-order valence-electron chi connectivity index (χ0n) is 17.1. The maximum atomic E-state index is 11.9. The standard InChI is InChI=1S/C22H25ClN4O3/c1-14-21(28)25-19-12-15(11-18(23)20(19)30-14)13-26-7-9-27(10-8-26)17-5-3-16(4-6-17)22(29)24-2/h3-6,11-12,14H,7-10,13H2,1-2H3,(H,24,29)(H,25,28). The minimum absolute atomic E-state index is 0.0777. The predicted molar refractivity (Wildman–Crippen MR) is 117 cm³/mol. The summed E-state index contributed by atoms with van der Waals surface area (Å²) in [5.41, 5.74) is 3.46. The lowest BCUT2D eigenvalue weighted by molar-refractivity contribution is -0.122. The van der Waals surface area contributed by atoms with Gasteiger partial charge in [-0.1, -0.05) is 11.6 Å². The number of nitrogens with zero attached hydrogens (tertiary/aromatic N) is 2. The lowest BCUT2D eigenvalue weighted by Crippen LogP contribution is -2.46. The van der Waals surface area contributed by atoms with Crippen molar-refractivity contribution in [3.8, 4) is 5.75 Å². The first-order valence-electron chi connectivity index (χ1n) is 10.0. The van der Waals surface area contributed by atoms with Crippen LogP contribution >= 0.6 is 11.6 Å². The van der Waals surface area contributed by atoms with E-state index in [-0.39, 0.29) is 11.8 Å². The van der Waals surface area contributed by atoms with E-state index in [0.29, 0.717) is 22.0 Å². The highest BCUT2D eigenvalue weighted by atomic mass is 35.5. The van der Waals surface area contributed by atoms with Gasteiger partial charge in [-0.05, 0) is 48.9 Å². The van der Waals surface area contributed by atoms with Crippen LogP contribution in [0.3, 0.4) is 0 Å². The molecule has 158 valence electrons. The molecule has 2 aliphatic rings. The molecule has 2 aromatic rings. The molecule has 2 heterocycles. The number of nitrogens with one attached hydrogen (secondary N) is 2. The molecular formula is C22H25ClN4O3. The number of carbonyl (C=O) groups excluding carboxylic acids is 2. The summed E-state index contributed by atoms with van der Waals surface area (Å²) < 4.78 is 5.62. The van der Waals surface area contributed by atoms with E-state index in [9.17, 15) is 9.59 Å². The second-order valence-electron chi connectivity index (χ2n) is 7.59. The van der Waals surface area contributed by atoms with E-state index in [1.165, 1.54) is 0 Å². The molecule has 4 rings (SSSR count). The van der Waals surface area contributed by atoms with Gasteiger partial charge < -0.3 is 20.3 Å². The monoisotopic (exact) mass is 428 g/mol. The Morgan fingerprint density at radius 2 is 1.90 bits per heavy atom. The number of carbonyl (C=O) groups is 2. The van der Waals surface area contributed by atoms with Gasteiger partial charge in [-0.2, -0.15) is 0 Å². The van der Waals surface area contributed by atoms with Gasteiger partial charge >= 0.3 is 0 Å². The molecule has 2 amide bonds. The molecule has 0 aliphatic carbocycles. The summed E-state index contributed by atoms with van der Waals surface area (Å²) in [4.78, 5) is 28.3. The number of anilines is 2. The van der Waals surface area contributed by atoms with Crippen LogP contribution in [0.4, 0.5) is 11.4 Å². The van der Waals surface area contributed by atoms with E-state index >= 15 is 0 Å². The Balaban J connectivity index is 1.37. The minimum Gasteiger partial charge on any atom is -0.477 e. The number of amides is 2. The van der Waals surface area contributed by atoms with Gasteiger partial charge in [0.2, 0.25) is 0 Å². The zero-order chi connectivity index (χ0) is 21.3. The fourth-order valence-corrected chi connectivity index (χ4v) is 4.09. The predicted octanol–water partition coefficient (Wildman–Crippen LogP) is 2.74. The molecule has 8 heteroatoms. The molecule has 0 saturated carbocycles. The van der Waals surface area contributed by atoms with E-state index in [2.05, 4.69) is 20.4 Å². The van der Waals surface area contributed by atoms with E-state index in [1.807, 2.05) is 36.4 Å². The Morgan fingerprint density at radius 1 is 1.20 bits per heavy atom. The van der Waals surface area contributed by atoms with Crippen LogP contribution in [-0.4, -0.2) is 56.0 Å². The van der Waals surface area contributed by atoms with Gasteiger partial charge in [0.15, 0.2) is 11.9 Å². The molecule has 2 N–H and O–H groups in total. The highest BCUT2D eigenvalue weighted by Gasteiger charge is 2.26. The minimum atomic E-state index is -0.542. The topological polar surface area (TPSA) is 73.9 Å². The fourth-order valence-electron chi connectivity index (χ4n) is 3.81. The van der Waals surface area contributed by atoms with Crippen LogP contribution < -0.4 is 20.3 Å². The van der Waals surface area contributed by atoms with Crippen molar-refractivity contribution in [1.82, 2.24) is 10.2 Å². The molecule has 1 unspecified atom stereocenters. The van der Waals surface area contributed by atoms with Gasteiger partial charge in [-0.3, -0.25) is 14.5 Å². The molecule has 0 spiro atoms. The molecular weight excluding hydrogens is 404 g/mol. The van der Waals surface area contributed by atoms with Crippen molar-refractivity contribution >= 4 is 34.8 Å². The van der Waals surface area contributed by atoms with Crippen LogP contribution in [0.2, 0.25) is 5.02 Å². The van der Waals surface area contributed by atoms with Crippen molar-refractivity contribution in [3.63, 3.8) is 0 Å². The summed E-state index contributed by atoms with van der Waals surface area (Å²) in [6.45, 7) is 6.07. The first-order valence-corrected chi connectivity index (χ1v) is 10.4. The third kappa shape index (κ3) is 4.22. The maximum absolute atomic E-state index is 11.9. The summed E-state index contributed by atoms with van der Waals surface area (Å²) in [6.07, 6.45) is -0.542. The highest BCUT2D eigenvalue weighted by Crippen LogP contribution is 2.38. The number of ether oxygens (including phenoxy) is 1. The molecule has 0 radical (unpaired) electrons. The summed E-state index contributed by atoms with van der Waals surface area (Å²) in [5, 5.41) is 6.02. The summed E-state index contributed by atoms with van der Waals surface area (Å²) in [5.74, 6) is 0.301. The highest BCUT2D eigenvalue weighted by molar-refractivity contribution is 6.33. The average Bonchev–Trinajstić information content (AvgIpc) is 2.75. The van der Waals surface area contributed by atoms with E-state index < -0.39 is 6.10 Å². The third-order valence-electron chi connectivity index (χ3n) is 5.53. The molecule has 1 atom stereocenters. The van der Waals surface area contributed by atoms with E-state index in [4.69, 9.17) is 16.3 Å². The van der Waals surface area contributed by atoms with E-state index in [0.717, 1.165) is 44.0 Å². The molecule has 0 aromatic heterocycles. The lowest BCUT2D eigenvalue weighted by Gasteiger charge is -2.36. The average molecular weight is 429 g/mol. The largest absolute Gasteiger partial charge is 0.477 e. The molecule has 2 aromatic carbocycles. The van der Waals surface area contributed by atoms with Crippen molar-refractivity contribution in [2.24, 2.45) is 0 Å².